The number of fused-ring (bicyclic) bond motifs is 7. The average Bonchev–Trinajstić information content (AvgIpc) is 3.53. The van der Waals surface area contributed by atoms with Crippen LogP contribution in [0.1, 0.15) is 81.0 Å². The molecule has 2 unspecified atom stereocenters. The molecule has 2 saturated carbocycles. The molecule has 4 aliphatic rings. The van der Waals surface area contributed by atoms with Gasteiger partial charge in [-0.15, -0.1) is 0 Å². The predicted molar refractivity (Wildman–Crippen MR) is 195 cm³/mol. The summed E-state index contributed by atoms with van der Waals surface area (Å²) in [5.41, 5.74) is 10.2. The fraction of sp³-hybridized carbons (Fsp3) is 0.318. The van der Waals surface area contributed by atoms with Crippen LogP contribution in [-0.2, 0) is 15.3 Å². The summed E-state index contributed by atoms with van der Waals surface area (Å²) in [6.45, 7) is 6.99. The van der Waals surface area contributed by atoms with Gasteiger partial charge in [-0.25, -0.2) is 8.42 Å². The Morgan fingerprint density at radius 3 is 2.12 bits per heavy atom. The van der Waals surface area contributed by atoms with Gasteiger partial charge in [0.15, 0.2) is 0 Å². The third-order valence-corrected chi connectivity index (χ3v) is 14.3. The first-order valence-corrected chi connectivity index (χ1v) is 19.3. The Bertz CT molecular complexity index is 2170. The highest BCUT2D eigenvalue weighted by molar-refractivity contribution is 7.91. The highest BCUT2D eigenvalue weighted by atomic mass is 32.2. The van der Waals surface area contributed by atoms with Crippen LogP contribution >= 0.6 is 0 Å². The molecule has 48 heavy (non-hydrogen) atoms. The lowest BCUT2D eigenvalue weighted by Gasteiger charge is -2.39. The van der Waals surface area contributed by atoms with Crippen molar-refractivity contribution in [2.45, 2.75) is 74.0 Å². The van der Waals surface area contributed by atoms with Crippen LogP contribution in [0, 0.1) is 23.7 Å². The Morgan fingerprint density at radius 2 is 1.29 bits per heavy atom. The van der Waals surface area contributed by atoms with Gasteiger partial charge in [-0.05, 0) is 131 Å². The highest BCUT2D eigenvalue weighted by Gasteiger charge is 2.46. The Morgan fingerprint density at radius 1 is 0.625 bits per heavy atom. The van der Waals surface area contributed by atoms with Crippen molar-refractivity contribution in [3.05, 3.63) is 138 Å². The van der Waals surface area contributed by atoms with Gasteiger partial charge in [0.25, 0.3) is 0 Å². The standard InChI is InChI=1S/C44H43NO2S/c1-4-29-22-28-23-30(29)25-31(24-28)43-37-15-9-11-17-41(37)48(46,47)42-21-19-33(26-38(42)43)45(32-12-6-5-7-13-32)34-18-20-36-35-14-8-10-16-39(35)44(2,3)40(36)27-34/h5-21,26-31,43H,4,22-25H2,1-3H3/t28-,29?,30+,31-,43?/m0/s1. The minimum atomic E-state index is -3.64. The van der Waals surface area contributed by atoms with E-state index in [1.807, 2.05) is 30.3 Å². The maximum atomic E-state index is 14.3. The van der Waals surface area contributed by atoms with Crippen molar-refractivity contribution in [1.29, 1.82) is 0 Å². The van der Waals surface area contributed by atoms with E-state index in [1.54, 1.807) is 0 Å². The molecule has 4 heteroatoms. The predicted octanol–water partition coefficient (Wildman–Crippen LogP) is 11.2. The average molecular weight is 650 g/mol. The molecule has 3 nitrogen and oxygen atoms in total. The number of sulfone groups is 1. The molecule has 0 spiro atoms. The quantitative estimate of drug-likeness (QED) is 0.190. The van der Waals surface area contributed by atoms with Gasteiger partial charge >= 0.3 is 0 Å². The van der Waals surface area contributed by atoms with E-state index < -0.39 is 9.84 Å². The molecule has 5 aromatic rings. The Labute approximate surface area is 285 Å². The molecule has 3 aliphatic carbocycles. The topological polar surface area (TPSA) is 37.4 Å². The number of benzene rings is 5. The first kappa shape index (κ1) is 29.9. The van der Waals surface area contributed by atoms with E-state index in [9.17, 15) is 8.42 Å². The van der Waals surface area contributed by atoms with Gasteiger partial charge in [0, 0.05) is 28.4 Å². The summed E-state index contributed by atoms with van der Waals surface area (Å²) < 4.78 is 28.6. The van der Waals surface area contributed by atoms with E-state index in [2.05, 4.69) is 111 Å². The number of hydrogen-bond acceptors (Lipinski definition) is 3. The number of rotatable bonds is 5. The zero-order chi connectivity index (χ0) is 32.8. The van der Waals surface area contributed by atoms with Crippen LogP contribution in [0.3, 0.4) is 0 Å². The van der Waals surface area contributed by atoms with Crippen molar-refractivity contribution >= 4 is 26.9 Å². The van der Waals surface area contributed by atoms with Gasteiger partial charge in [0.1, 0.15) is 0 Å². The fourth-order valence-corrected chi connectivity index (χ4v) is 12.0. The zero-order valence-corrected chi connectivity index (χ0v) is 28.9. The number of anilines is 3. The number of para-hydroxylation sites is 1. The summed E-state index contributed by atoms with van der Waals surface area (Å²) in [6, 6.07) is 40.1. The number of nitrogens with zero attached hydrogens (tertiary/aromatic N) is 1. The first-order valence-electron chi connectivity index (χ1n) is 17.8. The summed E-state index contributed by atoms with van der Waals surface area (Å²) in [6.07, 6.45) is 6.28. The lowest BCUT2D eigenvalue weighted by atomic mass is 9.69. The highest BCUT2D eigenvalue weighted by Crippen LogP contribution is 2.57. The van der Waals surface area contributed by atoms with Gasteiger partial charge in [-0.2, -0.15) is 0 Å². The summed E-state index contributed by atoms with van der Waals surface area (Å²) in [4.78, 5) is 3.31. The lowest BCUT2D eigenvalue weighted by molar-refractivity contribution is 0.222. The molecular formula is C44H43NO2S. The summed E-state index contributed by atoms with van der Waals surface area (Å²) in [5, 5.41) is 0. The second kappa shape index (κ2) is 10.9. The Balaban J connectivity index is 1.21. The Hall–Kier alpha value is -4.15. The maximum Gasteiger partial charge on any atom is 0.207 e. The largest absolute Gasteiger partial charge is 0.310 e. The summed E-state index contributed by atoms with van der Waals surface area (Å²) >= 11 is 0. The van der Waals surface area contributed by atoms with Crippen molar-refractivity contribution in [2.24, 2.45) is 23.7 Å². The SMILES string of the molecule is CCC1C[C@H]2C[C@@H]1C[C@@H](C1c3ccccc3S(=O)(=O)c3ccc(N(c4ccccc4)c4ccc5c(c4)C(C)(C)c4ccccc4-5)cc31)C2. The van der Waals surface area contributed by atoms with Crippen molar-refractivity contribution in [2.75, 3.05) is 4.90 Å². The molecule has 1 heterocycles. The molecule has 0 N–H and O–H groups in total. The van der Waals surface area contributed by atoms with E-state index in [4.69, 9.17) is 0 Å². The maximum absolute atomic E-state index is 14.3. The smallest absolute Gasteiger partial charge is 0.207 e. The Kier molecular flexibility index (Phi) is 6.82. The van der Waals surface area contributed by atoms with Gasteiger partial charge in [0.2, 0.25) is 9.84 Å². The minimum absolute atomic E-state index is 0.0617. The lowest BCUT2D eigenvalue weighted by Crippen LogP contribution is -2.29. The minimum Gasteiger partial charge on any atom is -0.310 e. The van der Waals surface area contributed by atoms with E-state index in [-0.39, 0.29) is 11.3 Å². The van der Waals surface area contributed by atoms with Crippen LogP contribution in [0.2, 0.25) is 0 Å². The molecule has 0 amide bonds. The summed E-state index contributed by atoms with van der Waals surface area (Å²) in [5.74, 6) is 2.79. The molecule has 1 aliphatic heterocycles. The molecule has 0 aromatic heterocycles. The molecule has 5 atom stereocenters. The van der Waals surface area contributed by atoms with E-state index >= 15 is 0 Å². The van der Waals surface area contributed by atoms with Gasteiger partial charge in [-0.1, -0.05) is 93.9 Å². The monoisotopic (exact) mass is 649 g/mol. The molecule has 5 aromatic carbocycles. The molecular weight excluding hydrogens is 607 g/mol. The normalized spacial score (nSPS) is 25.4. The van der Waals surface area contributed by atoms with Crippen LogP contribution in [0.4, 0.5) is 17.1 Å². The molecule has 0 radical (unpaired) electrons. The third-order valence-electron chi connectivity index (χ3n) is 12.4. The van der Waals surface area contributed by atoms with E-state index in [1.165, 1.54) is 54.4 Å². The van der Waals surface area contributed by atoms with Crippen LogP contribution in [0.15, 0.2) is 125 Å². The van der Waals surface area contributed by atoms with Gasteiger partial charge in [0.05, 0.1) is 9.79 Å². The van der Waals surface area contributed by atoms with Crippen molar-refractivity contribution in [3.63, 3.8) is 0 Å². The third kappa shape index (κ3) is 4.41. The first-order chi connectivity index (χ1) is 23.3. The second-order valence-corrected chi connectivity index (χ2v) is 17.2. The van der Waals surface area contributed by atoms with E-state index in [0.29, 0.717) is 15.7 Å². The van der Waals surface area contributed by atoms with Crippen molar-refractivity contribution < 1.29 is 8.42 Å². The van der Waals surface area contributed by atoms with Crippen molar-refractivity contribution in [1.82, 2.24) is 0 Å². The number of hydrogen-bond donors (Lipinski definition) is 0. The van der Waals surface area contributed by atoms with Crippen LogP contribution in [0.5, 0.6) is 0 Å². The van der Waals surface area contributed by atoms with Gasteiger partial charge < -0.3 is 4.90 Å². The fourth-order valence-electron chi connectivity index (χ4n) is 10.3. The molecule has 0 saturated heterocycles. The van der Waals surface area contributed by atoms with Crippen LogP contribution in [0.25, 0.3) is 11.1 Å². The molecule has 2 fully saturated rings. The van der Waals surface area contributed by atoms with Crippen LogP contribution in [-0.4, -0.2) is 8.42 Å². The molecule has 2 bridgehead atoms. The van der Waals surface area contributed by atoms with Crippen molar-refractivity contribution in [3.8, 4) is 11.1 Å². The van der Waals surface area contributed by atoms with Crippen LogP contribution < -0.4 is 4.90 Å². The second-order valence-electron chi connectivity index (χ2n) is 15.3. The molecule has 9 rings (SSSR count). The molecule has 242 valence electrons. The van der Waals surface area contributed by atoms with E-state index in [0.717, 1.165) is 45.9 Å². The van der Waals surface area contributed by atoms with Gasteiger partial charge in [-0.3, -0.25) is 0 Å². The summed E-state index contributed by atoms with van der Waals surface area (Å²) in [7, 11) is -3.64. The zero-order valence-electron chi connectivity index (χ0n) is 28.1.